The SMILES string of the molecule is O=C(CCc1ccc(Cl)cc1Cl)NC1(C(=O)O)CCSCC1. The average molecular weight is 362 g/mol. The fraction of sp³-hybridized carbons (Fsp3) is 0.467. The summed E-state index contributed by atoms with van der Waals surface area (Å²) in [5, 5.41) is 13.2. The van der Waals surface area contributed by atoms with E-state index in [0.717, 1.165) is 17.1 Å². The monoisotopic (exact) mass is 361 g/mol. The highest BCUT2D eigenvalue weighted by Gasteiger charge is 2.41. The molecule has 1 heterocycles. The van der Waals surface area contributed by atoms with Crippen LogP contribution in [-0.2, 0) is 16.0 Å². The number of aliphatic carboxylic acids is 1. The van der Waals surface area contributed by atoms with Gasteiger partial charge in [-0.25, -0.2) is 4.79 Å². The lowest BCUT2D eigenvalue weighted by atomic mass is 9.92. The summed E-state index contributed by atoms with van der Waals surface area (Å²) >= 11 is 13.6. The van der Waals surface area contributed by atoms with E-state index in [1.807, 2.05) is 0 Å². The Bertz CT molecular complexity index is 574. The lowest BCUT2D eigenvalue weighted by Gasteiger charge is -2.33. The van der Waals surface area contributed by atoms with Crippen LogP contribution >= 0.6 is 35.0 Å². The molecule has 7 heteroatoms. The minimum atomic E-state index is -1.12. The number of nitrogens with one attached hydrogen (secondary N) is 1. The molecule has 1 amide bonds. The van der Waals surface area contributed by atoms with Crippen LogP contribution in [0, 0.1) is 0 Å². The van der Waals surface area contributed by atoms with Crippen molar-refractivity contribution in [1.29, 1.82) is 0 Å². The zero-order valence-corrected chi connectivity index (χ0v) is 14.2. The Hall–Kier alpha value is -0.910. The molecular formula is C15H17Cl2NO3S. The molecule has 1 fully saturated rings. The van der Waals surface area contributed by atoms with Gasteiger partial charge in [0.05, 0.1) is 0 Å². The molecule has 0 aliphatic carbocycles. The first-order valence-electron chi connectivity index (χ1n) is 6.99. The molecule has 1 aliphatic rings. The number of hydrogen-bond donors (Lipinski definition) is 2. The molecular weight excluding hydrogens is 345 g/mol. The second kappa shape index (κ2) is 7.57. The first-order chi connectivity index (χ1) is 10.4. The predicted octanol–water partition coefficient (Wildman–Crippen LogP) is 3.39. The molecule has 4 nitrogen and oxygen atoms in total. The van der Waals surface area contributed by atoms with Gasteiger partial charge >= 0.3 is 5.97 Å². The molecule has 2 N–H and O–H groups in total. The first kappa shape index (κ1) is 17.4. The number of hydrogen-bond acceptors (Lipinski definition) is 3. The van der Waals surface area contributed by atoms with Crippen LogP contribution in [0.15, 0.2) is 18.2 Å². The van der Waals surface area contributed by atoms with Crippen LogP contribution in [-0.4, -0.2) is 34.0 Å². The van der Waals surface area contributed by atoms with Crippen molar-refractivity contribution < 1.29 is 14.7 Å². The number of carboxylic acids is 1. The minimum Gasteiger partial charge on any atom is -0.480 e. The summed E-state index contributed by atoms with van der Waals surface area (Å²) < 4.78 is 0. The van der Waals surface area contributed by atoms with Crippen LogP contribution in [0.5, 0.6) is 0 Å². The van der Waals surface area contributed by atoms with Crippen LogP contribution < -0.4 is 5.32 Å². The highest BCUT2D eigenvalue weighted by Crippen LogP contribution is 2.28. The largest absolute Gasteiger partial charge is 0.480 e. The number of benzene rings is 1. The van der Waals surface area contributed by atoms with Crippen molar-refractivity contribution in [3.8, 4) is 0 Å². The third-order valence-electron chi connectivity index (χ3n) is 3.77. The Morgan fingerprint density at radius 2 is 1.95 bits per heavy atom. The fourth-order valence-corrected chi connectivity index (χ4v) is 4.11. The molecule has 0 aromatic heterocycles. The maximum Gasteiger partial charge on any atom is 0.329 e. The zero-order valence-electron chi connectivity index (χ0n) is 11.9. The first-order valence-corrected chi connectivity index (χ1v) is 8.90. The summed E-state index contributed by atoms with van der Waals surface area (Å²) in [7, 11) is 0. The van der Waals surface area contributed by atoms with Crippen LogP contribution in [0.25, 0.3) is 0 Å². The van der Waals surface area contributed by atoms with Crippen molar-refractivity contribution in [2.75, 3.05) is 11.5 Å². The third kappa shape index (κ3) is 4.31. The zero-order chi connectivity index (χ0) is 16.2. The third-order valence-corrected chi connectivity index (χ3v) is 5.34. The van der Waals surface area contributed by atoms with Gasteiger partial charge in [-0.3, -0.25) is 4.79 Å². The second-order valence-corrected chi connectivity index (χ2v) is 7.35. The summed E-state index contributed by atoms with van der Waals surface area (Å²) in [6.45, 7) is 0. The summed E-state index contributed by atoms with van der Waals surface area (Å²) in [6, 6.07) is 5.13. The topological polar surface area (TPSA) is 66.4 Å². The smallest absolute Gasteiger partial charge is 0.329 e. The van der Waals surface area contributed by atoms with Crippen molar-refractivity contribution in [3.05, 3.63) is 33.8 Å². The Morgan fingerprint density at radius 3 is 2.55 bits per heavy atom. The maximum absolute atomic E-state index is 12.1. The Labute approximate surface area is 143 Å². The van der Waals surface area contributed by atoms with Crippen LogP contribution in [0.4, 0.5) is 0 Å². The molecule has 0 bridgehead atoms. The van der Waals surface area contributed by atoms with Crippen molar-refractivity contribution in [3.63, 3.8) is 0 Å². The van der Waals surface area contributed by atoms with E-state index in [2.05, 4.69) is 5.32 Å². The molecule has 120 valence electrons. The molecule has 0 atom stereocenters. The van der Waals surface area contributed by atoms with Gasteiger partial charge in [0, 0.05) is 16.5 Å². The number of carboxylic acid groups (broad SMARTS) is 1. The number of carbonyl (C=O) groups is 2. The van der Waals surface area contributed by atoms with E-state index in [1.54, 1.807) is 30.0 Å². The van der Waals surface area contributed by atoms with Gasteiger partial charge in [0.2, 0.25) is 5.91 Å². The normalized spacial score (nSPS) is 17.0. The quantitative estimate of drug-likeness (QED) is 0.843. The Balaban J connectivity index is 1.95. The predicted molar refractivity (Wildman–Crippen MR) is 89.9 cm³/mol. The van der Waals surface area contributed by atoms with Crippen molar-refractivity contribution >= 4 is 46.8 Å². The Morgan fingerprint density at radius 1 is 1.27 bits per heavy atom. The molecule has 1 aliphatic heterocycles. The lowest BCUT2D eigenvalue weighted by Crippen LogP contribution is -2.56. The van der Waals surface area contributed by atoms with Crippen molar-refractivity contribution in [1.82, 2.24) is 5.32 Å². The maximum atomic E-state index is 12.1. The van der Waals surface area contributed by atoms with E-state index in [4.69, 9.17) is 23.2 Å². The summed E-state index contributed by atoms with van der Waals surface area (Å²) in [5.41, 5.74) is -0.295. The van der Waals surface area contributed by atoms with Gasteiger partial charge in [-0.2, -0.15) is 11.8 Å². The second-order valence-electron chi connectivity index (χ2n) is 5.28. The Kier molecular flexibility index (Phi) is 6.01. The standard InChI is InChI=1S/C15H17Cl2NO3S/c16-11-3-1-10(12(17)9-11)2-4-13(19)18-15(14(20)21)5-7-22-8-6-15/h1,3,9H,2,4-8H2,(H,18,19)(H,20,21). The van der Waals surface area contributed by atoms with Gasteiger partial charge < -0.3 is 10.4 Å². The molecule has 0 spiro atoms. The van der Waals surface area contributed by atoms with Gasteiger partial charge in [-0.1, -0.05) is 29.3 Å². The van der Waals surface area contributed by atoms with Gasteiger partial charge in [0.1, 0.15) is 5.54 Å². The fourth-order valence-electron chi connectivity index (χ4n) is 2.41. The highest BCUT2D eigenvalue weighted by molar-refractivity contribution is 7.99. The summed E-state index contributed by atoms with van der Waals surface area (Å²) in [4.78, 5) is 23.6. The van der Waals surface area contributed by atoms with E-state index < -0.39 is 11.5 Å². The van der Waals surface area contributed by atoms with Crippen molar-refractivity contribution in [2.45, 2.75) is 31.2 Å². The lowest BCUT2D eigenvalue weighted by molar-refractivity contribution is -0.148. The number of halogens is 2. The van der Waals surface area contributed by atoms with Gasteiger partial charge in [0.15, 0.2) is 0 Å². The van der Waals surface area contributed by atoms with E-state index in [0.29, 0.717) is 29.3 Å². The number of amides is 1. The molecule has 1 aromatic carbocycles. The minimum absolute atomic E-state index is 0.198. The van der Waals surface area contributed by atoms with Gasteiger partial charge in [-0.15, -0.1) is 0 Å². The van der Waals surface area contributed by atoms with Crippen molar-refractivity contribution in [2.24, 2.45) is 0 Å². The molecule has 2 rings (SSSR count). The summed E-state index contributed by atoms with van der Waals surface area (Å²) in [6.07, 6.45) is 1.57. The van der Waals surface area contributed by atoms with E-state index >= 15 is 0 Å². The average Bonchev–Trinajstić information content (AvgIpc) is 2.47. The number of aryl methyl sites for hydroxylation is 1. The highest BCUT2D eigenvalue weighted by atomic mass is 35.5. The summed E-state index contributed by atoms with van der Waals surface area (Å²) in [5.74, 6) is 0.275. The number of rotatable bonds is 5. The van der Waals surface area contributed by atoms with Crippen LogP contribution in [0.3, 0.4) is 0 Å². The molecule has 0 saturated carbocycles. The number of thioether (sulfide) groups is 1. The van der Waals surface area contributed by atoms with Crippen LogP contribution in [0.1, 0.15) is 24.8 Å². The number of carbonyl (C=O) groups excluding carboxylic acids is 1. The van der Waals surface area contributed by atoms with E-state index in [9.17, 15) is 14.7 Å². The molecule has 0 radical (unpaired) electrons. The van der Waals surface area contributed by atoms with Gasteiger partial charge in [0.25, 0.3) is 0 Å². The van der Waals surface area contributed by atoms with Gasteiger partial charge in [-0.05, 0) is 48.5 Å². The molecule has 1 aromatic rings. The molecule has 0 unspecified atom stereocenters. The van der Waals surface area contributed by atoms with Crippen LogP contribution in [0.2, 0.25) is 10.0 Å². The molecule has 1 saturated heterocycles. The van der Waals surface area contributed by atoms with E-state index in [-0.39, 0.29) is 12.3 Å². The van der Waals surface area contributed by atoms with E-state index in [1.165, 1.54) is 0 Å². The molecule has 22 heavy (non-hydrogen) atoms.